The number of urea groups is 1. The molecule has 32 heavy (non-hydrogen) atoms. The summed E-state index contributed by atoms with van der Waals surface area (Å²) < 4.78 is 0. The highest BCUT2D eigenvalue weighted by Crippen LogP contribution is 2.30. The van der Waals surface area contributed by atoms with Crippen molar-refractivity contribution in [1.82, 2.24) is 5.32 Å². The summed E-state index contributed by atoms with van der Waals surface area (Å²) in [6.07, 6.45) is 2.02. The average Bonchev–Trinajstić information content (AvgIpc) is 2.76. The van der Waals surface area contributed by atoms with E-state index in [4.69, 9.17) is 23.2 Å². The molecule has 0 spiro atoms. The lowest BCUT2D eigenvalue weighted by Gasteiger charge is -2.28. The summed E-state index contributed by atoms with van der Waals surface area (Å²) in [5.74, 6) is -1.46. The highest BCUT2D eigenvalue weighted by molar-refractivity contribution is 6.40. The van der Waals surface area contributed by atoms with E-state index in [1.165, 1.54) is 6.08 Å². The molecule has 0 saturated carbocycles. The second-order valence-corrected chi connectivity index (χ2v) is 8.12. The Balaban J connectivity index is 1.75. The summed E-state index contributed by atoms with van der Waals surface area (Å²) in [5, 5.41) is 3.29. The number of halogens is 2. The first-order valence-electron chi connectivity index (χ1n) is 9.84. The van der Waals surface area contributed by atoms with Crippen molar-refractivity contribution in [2.75, 3.05) is 4.90 Å². The zero-order valence-corrected chi connectivity index (χ0v) is 18.6. The maximum Gasteiger partial charge on any atom is 0.335 e. The van der Waals surface area contributed by atoms with Crippen LogP contribution in [0.15, 0.2) is 72.3 Å². The van der Waals surface area contributed by atoms with Crippen molar-refractivity contribution in [2.45, 2.75) is 13.3 Å². The minimum Gasteiger partial charge on any atom is -0.273 e. The molecule has 1 heterocycles. The van der Waals surface area contributed by atoms with Crippen LogP contribution in [-0.2, 0) is 16.0 Å². The second kappa shape index (κ2) is 8.99. The minimum absolute atomic E-state index is 0.143. The number of benzene rings is 3. The van der Waals surface area contributed by atoms with E-state index in [0.717, 1.165) is 16.0 Å². The van der Waals surface area contributed by atoms with Gasteiger partial charge in [-0.15, -0.1) is 0 Å². The van der Waals surface area contributed by atoms with Gasteiger partial charge in [-0.25, -0.2) is 9.69 Å². The highest BCUT2D eigenvalue weighted by Gasteiger charge is 2.37. The number of carbonyl (C=O) groups excluding carboxylic acids is 3. The van der Waals surface area contributed by atoms with E-state index in [1.807, 2.05) is 48.5 Å². The van der Waals surface area contributed by atoms with E-state index >= 15 is 0 Å². The third-order valence-corrected chi connectivity index (χ3v) is 6.05. The molecule has 5 nitrogen and oxygen atoms in total. The molecule has 1 fully saturated rings. The number of hydrogen-bond acceptors (Lipinski definition) is 3. The van der Waals surface area contributed by atoms with Crippen molar-refractivity contribution in [2.24, 2.45) is 0 Å². The number of barbiturate groups is 1. The Labute approximate surface area is 195 Å². The van der Waals surface area contributed by atoms with E-state index in [0.29, 0.717) is 33.3 Å². The first-order chi connectivity index (χ1) is 15.4. The second-order valence-electron chi connectivity index (χ2n) is 7.31. The highest BCUT2D eigenvalue weighted by atomic mass is 35.5. The van der Waals surface area contributed by atoms with Gasteiger partial charge >= 0.3 is 6.03 Å². The maximum atomic E-state index is 13.3. The van der Waals surface area contributed by atoms with Crippen LogP contribution in [-0.4, -0.2) is 17.8 Å². The summed E-state index contributed by atoms with van der Waals surface area (Å²) >= 11 is 12.5. The SMILES string of the molecule is Cc1c(Cl)cccc1N1C(=O)NC(=O)/C(=C\c2ccccc2Cc2ccccc2Cl)C1=O. The van der Waals surface area contributed by atoms with Crippen molar-refractivity contribution in [3.63, 3.8) is 0 Å². The largest absolute Gasteiger partial charge is 0.335 e. The molecular formula is C25H18Cl2N2O3. The number of imide groups is 2. The lowest BCUT2D eigenvalue weighted by molar-refractivity contribution is -0.122. The van der Waals surface area contributed by atoms with Gasteiger partial charge < -0.3 is 0 Å². The van der Waals surface area contributed by atoms with Crippen molar-refractivity contribution >= 4 is 52.8 Å². The molecule has 160 valence electrons. The van der Waals surface area contributed by atoms with Gasteiger partial charge in [-0.3, -0.25) is 14.9 Å². The molecule has 3 aromatic carbocycles. The van der Waals surface area contributed by atoms with Crippen molar-refractivity contribution < 1.29 is 14.4 Å². The van der Waals surface area contributed by atoms with Crippen LogP contribution in [0.4, 0.5) is 10.5 Å². The average molecular weight is 465 g/mol. The fourth-order valence-corrected chi connectivity index (χ4v) is 3.93. The Kier molecular flexibility index (Phi) is 6.12. The standard InChI is InChI=1S/C25H18Cl2N2O3/c1-15-20(26)11-6-12-22(15)29-24(31)19(23(30)28-25(29)32)14-17-8-3-2-7-16(17)13-18-9-4-5-10-21(18)27/h2-12,14H,13H2,1H3,(H,28,30,32)/b19-14+. The number of rotatable bonds is 4. The molecule has 3 aromatic rings. The van der Waals surface area contributed by atoms with Crippen LogP contribution in [0.5, 0.6) is 0 Å². The van der Waals surface area contributed by atoms with Crippen molar-refractivity contribution in [1.29, 1.82) is 0 Å². The third-order valence-electron chi connectivity index (χ3n) is 5.28. The third kappa shape index (κ3) is 4.17. The van der Waals surface area contributed by atoms with Gasteiger partial charge in [-0.05, 0) is 59.9 Å². The molecule has 0 radical (unpaired) electrons. The van der Waals surface area contributed by atoms with Crippen LogP contribution >= 0.6 is 23.2 Å². The fourth-order valence-electron chi connectivity index (χ4n) is 3.55. The minimum atomic E-state index is -0.813. The van der Waals surface area contributed by atoms with Gasteiger partial charge in [0.2, 0.25) is 0 Å². The number of nitrogens with zero attached hydrogens (tertiary/aromatic N) is 1. The first kappa shape index (κ1) is 21.8. The Hall–Kier alpha value is -3.41. The predicted molar refractivity (Wildman–Crippen MR) is 126 cm³/mol. The summed E-state index contributed by atoms with van der Waals surface area (Å²) in [6.45, 7) is 1.71. The fraction of sp³-hybridized carbons (Fsp3) is 0.0800. The van der Waals surface area contributed by atoms with Gasteiger partial charge in [0, 0.05) is 10.0 Å². The predicted octanol–water partition coefficient (Wildman–Crippen LogP) is 5.56. The smallest absolute Gasteiger partial charge is 0.273 e. The topological polar surface area (TPSA) is 66.5 Å². The molecule has 1 aliphatic heterocycles. The Morgan fingerprint density at radius 3 is 2.25 bits per heavy atom. The van der Waals surface area contributed by atoms with Crippen LogP contribution in [0.3, 0.4) is 0 Å². The van der Waals surface area contributed by atoms with Gasteiger partial charge in [0.05, 0.1) is 5.69 Å². The summed E-state index contributed by atoms with van der Waals surface area (Å²) in [5.41, 5.74) is 3.23. The number of hydrogen-bond donors (Lipinski definition) is 1. The molecule has 1 aliphatic rings. The molecule has 0 unspecified atom stereocenters. The van der Waals surface area contributed by atoms with Crippen molar-refractivity contribution in [3.05, 3.63) is 105 Å². The molecule has 7 heteroatoms. The molecule has 0 bridgehead atoms. The van der Waals surface area contributed by atoms with E-state index in [9.17, 15) is 14.4 Å². The van der Waals surface area contributed by atoms with Crippen LogP contribution in [0.1, 0.15) is 22.3 Å². The lowest BCUT2D eigenvalue weighted by atomic mass is 9.97. The Morgan fingerprint density at radius 2 is 1.50 bits per heavy atom. The van der Waals surface area contributed by atoms with Gasteiger partial charge in [-0.2, -0.15) is 0 Å². The zero-order valence-electron chi connectivity index (χ0n) is 17.1. The molecule has 0 aromatic heterocycles. The number of carbonyl (C=O) groups is 3. The zero-order chi connectivity index (χ0) is 22.8. The summed E-state index contributed by atoms with van der Waals surface area (Å²) in [6, 6.07) is 19.0. The van der Waals surface area contributed by atoms with E-state index in [1.54, 1.807) is 25.1 Å². The molecule has 1 saturated heterocycles. The number of nitrogens with one attached hydrogen (secondary N) is 1. The van der Waals surface area contributed by atoms with Gasteiger partial charge in [0.1, 0.15) is 5.57 Å². The van der Waals surface area contributed by atoms with Gasteiger partial charge in [-0.1, -0.05) is 71.7 Å². The number of anilines is 1. The molecular weight excluding hydrogens is 447 g/mol. The van der Waals surface area contributed by atoms with Gasteiger partial charge in [0.25, 0.3) is 11.8 Å². The van der Waals surface area contributed by atoms with Crippen LogP contribution in [0.2, 0.25) is 10.0 Å². The summed E-state index contributed by atoms with van der Waals surface area (Å²) in [4.78, 5) is 39.3. The van der Waals surface area contributed by atoms with Crippen LogP contribution in [0.25, 0.3) is 6.08 Å². The van der Waals surface area contributed by atoms with E-state index < -0.39 is 17.8 Å². The van der Waals surface area contributed by atoms with Crippen LogP contribution < -0.4 is 10.2 Å². The van der Waals surface area contributed by atoms with Gasteiger partial charge in [0.15, 0.2) is 0 Å². The van der Waals surface area contributed by atoms with Crippen molar-refractivity contribution in [3.8, 4) is 0 Å². The first-order valence-corrected chi connectivity index (χ1v) is 10.6. The quantitative estimate of drug-likeness (QED) is 0.405. The van der Waals surface area contributed by atoms with Crippen LogP contribution in [0, 0.1) is 6.92 Å². The lowest BCUT2D eigenvalue weighted by Crippen LogP contribution is -2.54. The maximum absolute atomic E-state index is 13.3. The molecule has 4 amide bonds. The monoisotopic (exact) mass is 464 g/mol. The molecule has 1 N–H and O–H groups in total. The normalized spacial score (nSPS) is 15.3. The Bertz CT molecular complexity index is 1280. The molecule has 0 aliphatic carbocycles. The number of amides is 4. The van der Waals surface area contributed by atoms with E-state index in [-0.39, 0.29) is 5.57 Å². The summed E-state index contributed by atoms with van der Waals surface area (Å²) in [7, 11) is 0. The Morgan fingerprint density at radius 1 is 0.844 bits per heavy atom. The molecule has 4 rings (SSSR count). The molecule has 0 atom stereocenters. The van der Waals surface area contributed by atoms with E-state index in [2.05, 4.69) is 5.32 Å².